The monoisotopic (exact) mass is 588 g/mol. The highest BCUT2D eigenvalue weighted by molar-refractivity contribution is 7.95. The number of hydrogen-bond acceptors (Lipinski definition) is 4. The highest BCUT2D eigenvalue weighted by atomic mass is 35.5. The van der Waals surface area contributed by atoms with E-state index in [9.17, 15) is 8.42 Å². The van der Waals surface area contributed by atoms with Crippen LogP contribution in [0.15, 0.2) is 47.9 Å². The second-order valence-corrected chi connectivity index (χ2v) is 14.5. The van der Waals surface area contributed by atoms with Crippen LogP contribution in [-0.2, 0) is 10.0 Å². The molecule has 4 aliphatic carbocycles. The molecule has 0 saturated heterocycles. The van der Waals surface area contributed by atoms with Gasteiger partial charge >= 0.3 is 0 Å². The molecule has 2 heterocycles. The topological polar surface area (TPSA) is 67.2 Å². The van der Waals surface area contributed by atoms with Crippen LogP contribution in [0.4, 0.5) is 5.69 Å². The third-order valence-electron chi connectivity index (χ3n) is 8.77. The molecule has 6 nitrogen and oxygen atoms in total. The van der Waals surface area contributed by atoms with Crippen LogP contribution in [-0.4, -0.2) is 30.8 Å². The number of sulfonamides is 1. The second-order valence-electron chi connectivity index (χ2n) is 11.4. The average molecular weight is 590 g/mol. The molecule has 1 N–H and O–H groups in total. The molecule has 38 heavy (non-hydrogen) atoms. The van der Waals surface area contributed by atoms with Crippen LogP contribution in [0, 0.1) is 17.8 Å². The average Bonchev–Trinajstić information content (AvgIpc) is 3.22. The summed E-state index contributed by atoms with van der Waals surface area (Å²) in [7, 11) is -2.21. The van der Waals surface area contributed by atoms with Crippen molar-refractivity contribution < 1.29 is 8.42 Å². The van der Waals surface area contributed by atoms with Crippen LogP contribution in [0.2, 0.25) is 15.1 Å². The molecule has 10 heteroatoms. The Morgan fingerprint density at radius 2 is 1.53 bits per heavy atom. The van der Waals surface area contributed by atoms with Gasteiger partial charge in [0.05, 0.1) is 21.8 Å². The van der Waals surface area contributed by atoms with Crippen LogP contribution < -0.4 is 9.62 Å². The van der Waals surface area contributed by atoms with Gasteiger partial charge in [-0.15, -0.1) is 0 Å². The lowest BCUT2D eigenvalue weighted by Gasteiger charge is -2.57. The Balaban J connectivity index is 1.43. The molecular weight excluding hydrogens is 563 g/mol. The Hall–Kier alpha value is -2.19. The molecule has 0 radical (unpaired) electrons. The van der Waals surface area contributed by atoms with Crippen molar-refractivity contribution in [1.29, 1.82) is 0 Å². The summed E-state index contributed by atoms with van der Waals surface area (Å²) in [5.41, 5.74) is 3.49. The summed E-state index contributed by atoms with van der Waals surface area (Å²) in [6.45, 7) is 0. The number of fused-ring (bicyclic) bond motifs is 1. The smallest absolute Gasteiger partial charge is 0.259 e. The van der Waals surface area contributed by atoms with E-state index in [1.165, 1.54) is 29.0 Å². The van der Waals surface area contributed by atoms with Gasteiger partial charge in [0.1, 0.15) is 17.1 Å². The molecule has 0 unspecified atom stereocenters. The quantitative estimate of drug-likeness (QED) is 0.351. The van der Waals surface area contributed by atoms with Crippen LogP contribution in [0.25, 0.3) is 22.6 Å². The number of rotatable bonds is 4. The molecule has 1 aliphatic heterocycles. The SMILES string of the molecule is CN1c2c(nn(-c3ccc(Cl)cc3)c2-c2ccc(Cl)cc2Cl)C(NC23CC4CC(CC(C4)C2)C3)=CS1(=O)=O. The molecule has 4 saturated carbocycles. The van der Waals surface area contributed by atoms with Crippen LogP contribution in [0.5, 0.6) is 0 Å². The number of anilines is 1. The van der Waals surface area contributed by atoms with Crippen molar-refractivity contribution in [3.05, 3.63) is 68.6 Å². The van der Waals surface area contributed by atoms with E-state index in [0.717, 1.165) is 24.9 Å². The fraction of sp³-hybridized carbons (Fsp3) is 0.393. The summed E-state index contributed by atoms with van der Waals surface area (Å²) in [5.74, 6) is 2.14. The van der Waals surface area contributed by atoms with Gasteiger partial charge in [-0.2, -0.15) is 5.10 Å². The second kappa shape index (κ2) is 8.65. The largest absolute Gasteiger partial charge is 0.377 e. The lowest BCUT2D eigenvalue weighted by Crippen LogP contribution is -2.58. The summed E-state index contributed by atoms with van der Waals surface area (Å²) in [5, 5.41) is 11.7. The normalized spacial score (nSPS) is 28.8. The number of hydrogen-bond donors (Lipinski definition) is 1. The van der Waals surface area contributed by atoms with E-state index in [4.69, 9.17) is 39.9 Å². The first kappa shape index (κ1) is 24.8. The Bertz CT molecular complexity index is 1560. The Morgan fingerprint density at radius 1 is 0.921 bits per heavy atom. The predicted octanol–water partition coefficient (Wildman–Crippen LogP) is 7.14. The molecule has 3 aromatic rings. The van der Waals surface area contributed by atoms with Gasteiger partial charge in [0.2, 0.25) is 0 Å². The zero-order chi connectivity index (χ0) is 26.4. The molecular formula is C28H27Cl3N4O2S. The zero-order valence-corrected chi connectivity index (χ0v) is 23.9. The van der Waals surface area contributed by atoms with E-state index in [-0.39, 0.29) is 5.54 Å². The number of halogens is 3. The lowest BCUT2D eigenvalue weighted by molar-refractivity contribution is -0.0114. The van der Waals surface area contributed by atoms with Gasteiger partial charge in [0, 0.05) is 28.2 Å². The van der Waals surface area contributed by atoms with E-state index in [1.54, 1.807) is 42.1 Å². The molecule has 4 fully saturated rings. The molecule has 198 valence electrons. The van der Waals surface area contributed by atoms with Crippen LogP contribution in [0.1, 0.15) is 44.2 Å². The van der Waals surface area contributed by atoms with Gasteiger partial charge in [-0.25, -0.2) is 13.1 Å². The number of benzene rings is 2. The highest BCUT2D eigenvalue weighted by Crippen LogP contribution is 2.56. The van der Waals surface area contributed by atoms with Crippen molar-refractivity contribution in [1.82, 2.24) is 15.1 Å². The third-order valence-corrected chi connectivity index (χ3v) is 11.1. The predicted molar refractivity (Wildman–Crippen MR) is 153 cm³/mol. The maximum absolute atomic E-state index is 13.6. The fourth-order valence-electron chi connectivity index (χ4n) is 7.63. The third kappa shape index (κ3) is 3.96. The van der Waals surface area contributed by atoms with E-state index in [1.807, 2.05) is 12.1 Å². The first-order chi connectivity index (χ1) is 18.1. The van der Waals surface area contributed by atoms with Gasteiger partial charge < -0.3 is 5.32 Å². The molecule has 0 amide bonds. The lowest BCUT2D eigenvalue weighted by atomic mass is 9.53. The number of nitrogens with one attached hydrogen (secondary N) is 1. The molecule has 8 rings (SSSR count). The Morgan fingerprint density at radius 3 is 2.13 bits per heavy atom. The first-order valence-corrected chi connectivity index (χ1v) is 15.6. The summed E-state index contributed by atoms with van der Waals surface area (Å²) in [6.07, 6.45) is 7.14. The Labute approximate surface area is 237 Å². The van der Waals surface area contributed by atoms with Crippen molar-refractivity contribution in [2.45, 2.75) is 44.1 Å². The summed E-state index contributed by atoms with van der Waals surface area (Å²) in [6, 6.07) is 12.5. The Kier molecular flexibility index (Phi) is 5.65. The van der Waals surface area contributed by atoms with Crippen molar-refractivity contribution in [2.24, 2.45) is 17.8 Å². The van der Waals surface area contributed by atoms with Crippen molar-refractivity contribution in [3.63, 3.8) is 0 Å². The molecule has 0 atom stereocenters. The van der Waals surface area contributed by atoms with Crippen LogP contribution in [0.3, 0.4) is 0 Å². The summed E-state index contributed by atoms with van der Waals surface area (Å²) in [4.78, 5) is 0. The van der Waals surface area contributed by atoms with Gasteiger partial charge in [-0.3, -0.25) is 4.31 Å². The maximum Gasteiger partial charge on any atom is 0.259 e. The molecule has 4 bridgehead atoms. The van der Waals surface area contributed by atoms with Gasteiger partial charge in [-0.05, 0) is 98.7 Å². The van der Waals surface area contributed by atoms with E-state index in [0.29, 0.717) is 61.2 Å². The summed E-state index contributed by atoms with van der Waals surface area (Å²) >= 11 is 19.1. The molecule has 5 aliphatic rings. The van der Waals surface area contributed by atoms with Gasteiger partial charge in [0.25, 0.3) is 10.0 Å². The van der Waals surface area contributed by atoms with Crippen LogP contribution >= 0.6 is 34.8 Å². The minimum Gasteiger partial charge on any atom is -0.377 e. The van der Waals surface area contributed by atoms with Crippen molar-refractivity contribution in [2.75, 3.05) is 11.4 Å². The van der Waals surface area contributed by atoms with E-state index >= 15 is 0 Å². The van der Waals surface area contributed by atoms with Gasteiger partial charge in [0.15, 0.2) is 0 Å². The van der Waals surface area contributed by atoms with Crippen molar-refractivity contribution >= 4 is 56.2 Å². The standard InChI is InChI=1S/C28H27Cl3N4O2S/c1-34-27-25(24(15-38(34,36)37)32-28-12-16-8-17(13-28)10-18(9-16)14-28)33-35(21-5-2-19(29)3-6-21)26(27)22-7-4-20(30)11-23(22)31/h2-7,11,15-18,32H,8-10,12-14H2,1H3. The van der Waals surface area contributed by atoms with E-state index < -0.39 is 10.0 Å². The van der Waals surface area contributed by atoms with Crippen molar-refractivity contribution in [3.8, 4) is 16.9 Å². The molecule has 0 spiro atoms. The summed E-state index contributed by atoms with van der Waals surface area (Å²) < 4.78 is 30.2. The van der Waals surface area contributed by atoms with Gasteiger partial charge in [-0.1, -0.05) is 34.8 Å². The zero-order valence-electron chi connectivity index (χ0n) is 20.8. The first-order valence-electron chi connectivity index (χ1n) is 12.9. The number of nitrogens with zero attached hydrogens (tertiary/aromatic N) is 3. The minimum absolute atomic E-state index is 0.0918. The fourth-order valence-corrected chi connectivity index (χ4v) is 9.31. The number of aromatic nitrogens is 2. The van der Waals surface area contributed by atoms with E-state index in [2.05, 4.69) is 5.32 Å². The maximum atomic E-state index is 13.6. The molecule has 1 aromatic heterocycles. The molecule has 2 aromatic carbocycles. The minimum atomic E-state index is -3.77. The highest BCUT2D eigenvalue weighted by Gasteiger charge is 2.52.